The summed E-state index contributed by atoms with van der Waals surface area (Å²) < 4.78 is 5.45. The number of aliphatic hydroxyl groups excluding tert-OH is 2. The Morgan fingerprint density at radius 1 is 1.11 bits per heavy atom. The Hall–Kier alpha value is -0.650. The third-order valence-electron chi connectivity index (χ3n) is 2.88. The fraction of sp³-hybridized carbons (Fsp3) is 0.929. The zero-order valence-electron chi connectivity index (χ0n) is 12.1. The SMILES string of the molecule is CCCCCCCCOCCCNC(=O)C(O)CO. The van der Waals surface area contributed by atoms with Crippen LogP contribution >= 0.6 is 0 Å². The lowest BCUT2D eigenvalue weighted by Gasteiger charge is -2.08. The highest BCUT2D eigenvalue weighted by atomic mass is 16.5. The Balaban J connectivity index is 3.13. The van der Waals surface area contributed by atoms with E-state index in [2.05, 4.69) is 12.2 Å². The van der Waals surface area contributed by atoms with Crippen LogP contribution in [0.3, 0.4) is 0 Å². The number of amides is 1. The molecule has 1 unspecified atom stereocenters. The normalized spacial score (nSPS) is 12.4. The van der Waals surface area contributed by atoms with Gasteiger partial charge in [-0.2, -0.15) is 0 Å². The largest absolute Gasteiger partial charge is 0.393 e. The average molecular weight is 275 g/mol. The summed E-state index contributed by atoms with van der Waals surface area (Å²) in [5, 5.41) is 20.1. The van der Waals surface area contributed by atoms with E-state index in [9.17, 15) is 4.79 Å². The highest BCUT2D eigenvalue weighted by Crippen LogP contribution is 2.04. The van der Waals surface area contributed by atoms with E-state index in [1.807, 2.05) is 0 Å². The Morgan fingerprint density at radius 3 is 2.42 bits per heavy atom. The van der Waals surface area contributed by atoms with Crippen LogP contribution in [0, 0.1) is 0 Å². The molecule has 114 valence electrons. The Bertz CT molecular complexity index is 212. The van der Waals surface area contributed by atoms with Gasteiger partial charge in [-0.25, -0.2) is 0 Å². The minimum absolute atomic E-state index is 0.465. The van der Waals surface area contributed by atoms with Crippen LogP contribution in [0.4, 0.5) is 0 Å². The average Bonchev–Trinajstić information content (AvgIpc) is 2.43. The molecule has 0 aromatic carbocycles. The number of ether oxygens (including phenoxy) is 1. The van der Waals surface area contributed by atoms with Gasteiger partial charge in [-0.15, -0.1) is 0 Å². The fourth-order valence-corrected chi connectivity index (χ4v) is 1.67. The Kier molecular flexibility index (Phi) is 13.3. The van der Waals surface area contributed by atoms with Crippen LogP contribution in [0.25, 0.3) is 0 Å². The van der Waals surface area contributed by atoms with Crippen LogP contribution in [0.1, 0.15) is 51.9 Å². The molecule has 0 rings (SSSR count). The van der Waals surface area contributed by atoms with Crippen LogP contribution in [-0.4, -0.2) is 48.6 Å². The molecule has 0 aliphatic heterocycles. The maximum Gasteiger partial charge on any atom is 0.251 e. The van der Waals surface area contributed by atoms with E-state index < -0.39 is 18.6 Å². The molecule has 0 aliphatic carbocycles. The molecule has 1 amide bonds. The molecule has 1 atom stereocenters. The molecule has 5 nitrogen and oxygen atoms in total. The quantitative estimate of drug-likeness (QED) is 0.442. The first-order valence-electron chi connectivity index (χ1n) is 7.36. The van der Waals surface area contributed by atoms with Crippen molar-refractivity contribution in [3.8, 4) is 0 Å². The van der Waals surface area contributed by atoms with E-state index in [0.29, 0.717) is 13.2 Å². The first-order valence-corrected chi connectivity index (χ1v) is 7.36. The summed E-state index contributed by atoms with van der Waals surface area (Å²) in [6.07, 6.45) is 6.91. The lowest BCUT2D eigenvalue weighted by atomic mass is 10.1. The van der Waals surface area contributed by atoms with Crippen LogP contribution < -0.4 is 5.32 Å². The summed E-state index contributed by atoms with van der Waals surface area (Å²) in [6, 6.07) is 0. The van der Waals surface area contributed by atoms with Gasteiger partial charge in [0.15, 0.2) is 6.10 Å². The Morgan fingerprint density at radius 2 is 1.74 bits per heavy atom. The predicted octanol–water partition coefficient (Wildman–Crippen LogP) is 1.22. The third-order valence-corrected chi connectivity index (χ3v) is 2.88. The lowest BCUT2D eigenvalue weighted by Crippen LogP contribution is -2.37. The van der Waals surface area contributed by atoms with Crippen molar-refractivity contribution in [2.24, 2.45) is 0 Å². The van der Waals surface area contributed by atoms with Gasteiger partial charge < -0.3 is 20.3 Å². The molecular weight excluding hydrogens is 246 g/mol. The van der Waals surface area contributed by atoms with Gasteiger partial charge in [-0.3, -0.25) is 4.79 Å². The number of hydrogen-bond donors (Lipinski definition) is 3. The number of carbonyl (C=O) groups is 1. The second-order valence-electron chi connectivity index (χ2n) is 4.72. The van der Waals surface area contributed by atoms with Crippen LogP contribution in [-0.2, 0) is 9.53 Å². The van der Waals surface area contributed by atoms with Crippen molar-refractivity contribution in [2.45, 2.75) is 58.0 Å². The molecule has 5 heteroatoms. The minimum atomic E-state index is -1.32. The highest BCUT2D eigenvalue weighted by molar-refractivity contribution is 5.80. The zero-order chi connectivity index (χ0) is 14.3. The monoisotopic (exact) mass is 275 g/mol. The summed E-state index contributed by atoms with van der Waals surface area (Å²) in [7, 11) is 0. The smallest absolute Gasteiger partial charge is 0.251 e. The van der Waals surface area contributed by atoms with Crippen molar-refractivity contribution >= 4 is 5.91 Å². The summed E-state index contributed by atoms with van der Waals surface area (Å²) in [5.74, 6) is -0.529. The van der Waals surface area contributed by atoms with E-state index in [-0.39, 0.29) is 0 Å². The van der Waals surface area contributed by atoms with Gasteiger partial charge in [0.05, 0.1) is 6.61 Å². The maximum absolute atomic E-state index is 11.1. The van der Waals surface area contributed by atoms with E-state index in [4.69, 9.17) is 14.9 Å². The van der Waals surface area contributed by atoms with Crippen molar-refractivity contribution in [1.29, 1.82) is 0 Å². The van der Waals surface area contributed by atoms with E-state index in [1.165, 1.54) is 32.1 Å². The number of unbranched alkanes of at least 4 members (excludes halogenated alkanes) is 5. The number of rotatable bonds is 13. The molecule has 0 radical (unpaired) electrons. The van der Waals surface area contributed by atoms with Crippen molar-refractivity contribution in [3.05, 3.63) is 0 Å². The van der Waals surface area contributed by atoms with Gasteiger partial charge in [0.2, 0.25) is 0 Å². The lowest BCUT2D eigenvalue weighted by molar-refractivity contribution is -0.131. The predicted molar refractivity (Wildman–Crippen MR) is 74.9 cm³/mol. The molecule has 19 heavy (non-hydrogen) atoms. The molecule has 0 aromatic heterocycles. The first-order chi connectivity index (χ1) is 9.22. The third kappa shape index (κ3) is 12.1. The second kappa shape index (κ2) is 13.8. The molecule has 0 aliphatic rings. The summed E-state index contributed by atoms with van der Waals surface area (Å²) in [5.41, 5.74) is 0. The molecular formula is C14H29NO4. The van der Waals surface area contributed by atoms with Gasteiger partial charge >= 0.3 is 0 Å². The number of carbonyl (C=O) groups excluding carboxylic acids is 1. The first kappa shape index (κ1) is 18.4. The summed E-state index contributed by atoms with van der Waals surface area (Å²) in [4.78, 5) is 11.1. The molecule has 0 bridgehead atoms. The standard InChI is InChI=1S/C14H29NO4/c1-2-3-4-5-6-7-10-19-11-8-9-15-14(18)13(17)12-16/h13,16-17H,2-12H2,1H3,(H,15,18). The van der Waals surface area contributed by atoms with Crippen molar-refractivity contribution < 1.29 is 19.7 Å². The molecule has 0 saturated carbocycles. The number of nitrogens with one attached hydrogen (secondary N) is 1. The number of hydrogen-bond acceptors (Lipinski definition) is 4. The van der Waals surface area contributed by atoms with Gasteiger partial charge in [0.25, 0.3) is 5.91 Å². The molecule has 0 aromatic rings. The molecule has 0 fully saturated rings. The van der Waals surface area contributed by atoms with Crippen molar-refractivity contribution in [1.82, 2.24) is 5.32 Å². The minimum Gasteiger partial charge on any atom is -0.393 e. The van der Waals surface area contributed by atoms with Gasteiger partial charge in [0.1, 0.15) is 0 Å². The van der Waals surface area contributed by atoms with E-state index >= 15 is 0 Å². The molecule has 0 spiro atoms. The summed E-state index contributed by atoms with van der Waals surface area (Å²) >= 11 is 0. The number of aliphatic hydroxyl groups is 2. The molecule has 3 N–H and O–H groups in total. The second-order valence-corrected chi connectivity index (χ2v) is 4.72. The topological polar surface area (TPSA) is 78.8 Å². The Labute approximate surface area is 116 Å². The van der Waals surface area contributed by atoms with Crippen LogP contribution in [0.2, 0.25) is 0 Å². The van der Waals surface area contributed by atoms with Crippen molar-refractivity contribution in [2.75, 3.05) is 26.4 Å². The molecule has 0 heterocycles. The fourth-order valence-electron chi connectivity index (χ4n) is 1.67. The zero-order valence-corrected chi connectivity index (χ0v) is 12.1. The molecule has 0 saturated heterocycles. The highest BCUT2D eigenvalue weighted by Gasteiger charge is 2.11. The summed E-state index contributed by atoms with van der Waals surface area (Å²) in [6.45, 7) is 3.53. The van der Waals surface area contributed by atoms with Crippen molar-refractivity contribution in [3.63, 3.8) is 0 Å². The van der Waals surface area contributed by atoms with Crippen LogP contribution in [0.15, 0.2) is 0 Å². The van der Waals surface area contributed by atoms with Gasteiger partial charge in [-0.1, -0.05) is 39.0 Å². The maximum atomic E-state index is 11.1. The van der Waals surface area contributed by atoms with Gasteiger partial charge in [0, 0.05) is 19.8 Å². The van der Waals surface area contributed by atoms with E-state index in [0.717, 1.165) is 19.4 Å². The van der Waals surface area contributed by atoms with E-state index in [1.54, 1.807) is 0 Å². The van der Waals surface area contributed by atoms with Gasteiger partial charge in [-0.05, 0) is 12.8 Å². The van der Waals surface area contributed by atoms with Crippen LogP contribution in [0.5, 0.6) is 0 Å².